The Morgan fingerprint density at radius 2 is 1.89 bits per heavy atom. The highest BCUT2D eigenvalue weighted by molar-refractivity contribution is 7.88. The molecule has 7 heteroatoms. The summed E-state index contributed by atoms with van der Waals surface area (Å²) in [5.41, 5.74) is 7.61. The van der Waals surface area contributed by atoms with Crippen LogP contribution in [0.4, 0.5) is 11.4 Å². The Balaban J connectivity index is 2.10. The minimum Gasteiger partial charge on any atom is -0.398 e. The Labute approximate surface area is 113 Å². The highest BCUT2D eigenvalue weighted by atomic mass is 32.2. The van der Waals surface area contributed by atoms with Crippen molar-refractivity contribution in [1.82, 2.24) is 4.31 Å². The van der Waals surface area contributed by atoms with E-state index in [9.17, 15) is 8.42 Å². The fraction of sp³-hybridized carbons (Fsp3) is 0.417. The molecule has 1 fully saturated rings. The number of sulfonamides is 1. The first-order valence-corrected chi connectivity index (χ1v) is 7.76. The third-order valence-corrected chi connectivity index (χ3v) is 4.53. The van der Waals surface area contributed by atoms with Gasteiger partial charge < -0.3 is 10.6 Å². The summed E-state index contributed by atoms with van der Waals surface area (Å²) < 4.78 is 24.3. The van der Waals surface area contributed by atoms with Crippen LogP contribution in [-0.4, -0.2) is 45.2 Å². The number of anilines is 2. The second-order valence-electron chi connectivity index (χ2n) is 4.53. The number of nitriles is 1. The topological polar surface area (TPSA) is 90.4 Å². The quantitative estimate of drug-likeness (QED) is 0.783. The Morgan fingerprint density at radius 1 is 1.26 bits per heavy atom. The average Bonchev–Trinajstić information content (AvgIpc) is 2.38. The van der Waals surface area contributed by atoms with E-state index in [1.54, 1.807) is 12.1 Å². The summed E-state index contributed by atoms with van der Waals surface area (Å²) in [7, 11) is -3.11. The van der Waals surface area contributed by atoms with Gasteiger partial charge in [0.15, 0.2) is 0 Å². The second kappa shape index (κ2) is 5.07. The van der Waals surface area contributed by atoms with Crippen LogP contribution in [0.25, 0.3) is 0 Å². The summed E-state index contributed by atoms with van der Waals surface area (Å²) in [5.74, 6) is 0. The smallest absolute Gasteiger partial charge is 0.211 e. The lowest BCUT2D eigenvalue weighted by Crippen LogP contribution is -2.48. The van der Waals surface area contributed by atoms with E-state index < -0.39 is 10.0 Å². The molecule has 19 heavy (non-hydrogen) atoms. The molecule has 0 bridgehead atoms. The van der Waals surface area contributed by atoms with Crippen LogP contribution in [0.3, 0.4) is 0 Å². The molecule has 1 aliphatic rings. The zero-order chi connectivity index (χ0) is 14.0. The van der Waals surface area contributed by atoms with Crippen LogP contribution in [0.5, 0.6) is 0 Å². The van der Waals surface area contributed by atoms with E-state index >= 15 is 0 Å². The van der Waals surface area contributed by atoms with Crippen LogP contribution in [0.2, 0.25) is 0 Å². The van der Waals surface area contributed by atoms with E-state index in [1.807, 2.05) is 12.1 Å². The van der Waals surface area contributed by atoms with Crippen molar-refractivity contribution < 1.29 is 8.42 Å². The molecule has 1 aliphatic heterocycles. The van der Waals surface area contributed by atoms with Gasteiger partial charge in [0.2, 0.25) is 10.0 Å². The largest absolute Gasteiger partial charge is 0.398 e. The molecule has 1 aromatic carbocycles. The number of benzene rings is 1. The summed E-state index contributed by atoms with van der Waals surface area (Å²) in [6.07, 6.45) is 1.22. The van der Waals surface area contributed by atoms with Crippen molar-refractivity contribution in [2.24, 2.45) is 0 Å². The SMILES string of the molecule is CS(=O)(=O)N1CCN(c2ccc(C#N)c(N)c2)CC1. The summed E-state index contributed by atoms with van der Waals surface area (Å²) in [6.45, 7) is 2.19. The van der Waals surface area contributed by atoms with Crippen molar-refractivity contribution >= 4 is 21.4 Å². The summed E-state index contributed by atoms with van der Waals surface area (Å²) >= 11 is 0. The molecule has 2 N–H and O–H groups in total. The van der Waals surface area contributed by atoms with Crippen LogP contribution in [-0.2, 0) is 10.0 Å². The van der Waals surface area contributed by atoms with Gasteiger partial charge in [-0.05, 0) is 18.2 Å². The molecule has 1 heterocycles. The van der Waals surface area contributed by atoms with Gasteiger partial charge in [-0.25, -0.2) is 8.42 Å². The normalized spacial score (nSPS) is 17.2. The van der Waals surface area contributed by atoms with Crippen molar-refractivity contribution in [2.45, 2.75) is 0 Å². The fourth-order valence-electron chi connectivity index (χ4n) is 2.13. The van der Waals surface area contributed by atoms with Gasteiger partial charge in [0.25, 0.3) is 0 Å². The van der Waals surface area contributed by atoms with Crippen molar-refractivity contribution in [3.05, 3.63) is 23.8 Å². The number of nitrogens with zero attached hydrogens (tertiary/aromatic N) is 3. The lowest BCUT2D eigenvalue weighted by atomic mass is 10.1. The number of piperazine rings is 1. The zero-order valence-electron chi connectivity index (χ0n) is 10.7. The maximum absolute atomic E-state index is 11.4. The Bertz CT molecular complexity index is 613. The molecule has 0 aliphatic carbocycles. The first-order chi connectivity index (χ1) is 8.91. The molecule has 1 aromatic rings. The molecule has 0 unspecified atom stereocenters. The van der Waals surface area contributed by atoms with Crippen molar-refractivity contribution in [3.63, 3.8) is 0 Å². The minimum atomic E-state index is -3.11. The van der Waals surface area contributed by atoms with Gasteiger partial charge in [-0.2, -0.15) is 9.57 Å². The van der Waals surface area contributed by atoms with Crippen LogP contribution in [0.1, 0.15) is 5.56 Å². The highest BCUT2D eigenvalue weighted by Crippen LogP contribution is 2.22. The molecule has 102 valence electrons. The van der Waals surface area contributed by atoms with Crippen LogP contribution in [0.15, 0.2) is 18.2 Å². The Hall–Kier alpha value is -1.78. The molecule has 6 nitrogen and oxygen atoms in total. The van der Waals surface area contributed by atoms with E-state index in [0.29, 0.717) is 37.4 Å². The summed E-state index contributed by atoms with van der Waals surface area (Å²) in [5, 5.41) is 8.83. The van der Waals surface area contributed by atoms with Crippen LogP contribution < -0.4 is 10.6 Å². The van der Waals surface area contributed by atoms with Gasteiger partial charge in [-0.1, -0.05) is 0 Å². The number of rotatable bonds is 2. The number of nitrogen functional groups attached to an aromatic ring is 1. The minimum absolute atomic E-state index is 0.450. The predicted octanol–water partition coefficient (Wildman–Crippen LogP) is 0.222. The first-order valence-electron chi connectivity index (χ1n) is 5.91. The number of hydrogen-bond donors (Lipinski definition) is 1. The maximum atomic E-state index is 11.4. The van der Waals surface area contributed by atoms with Gasteiger partial charge in [0.1, 0.15) is 6.07 Å². The molecule has 0 aromatic heterocycles. The van der Waals surface area contributed by atoms with Gasteiger partial charge >= 0.3 is 0 Å². The van der Waals surface area contributed by atoms with E-state index in [4.69, 9.17) is 11.0 Å². The Kier molecular flexibility index (Phi) is 3.64. The molecule has 0 spiro atoms. The number of nitrogens with two attached hydrogens (primary N) is 1. The lowest BCUT2D eigenvalue weighted by molar-refractivity contribution is 0.388. The van der Waals surface area contributed by atoms with E-state index in [2.05, 4.69) is 4.90 Å². The average molecular weight is 280 g/mol. The third-order valence-electron chi connectivity index (χ3n) is 3.23. The van der Waals surface area contributed by atoms with Gasteiger partial charge in [0, 0.05) is 31.9 Å². The van der Waals surface area contributed by atoms with E-state index in [-0.39, 0.29) is 0 Å². The molecule has 0 atom stereocenters. The molecule has 0 amide bonds. The van der Waals surface area contributed by atoms with Crippen molar-refractivity contribution in [2.75, 3.05) is 43.1 Å². The second-order valence-corrected chi connectivity index (χ2v) is 6.51. The maximum Gasteiger partial charge on any atom is 0.211 e. The molecule has 2 rings (SSSR count). The fourth-order valence-corrected chi connectivity index (χ4v) is 2.95. The zero-order valence-corrected chi connectivity index (χ0v) is 11.5. The monoisotopic (exact) mass is 280 g/mol. The lowest BCUT2D eigenvalue weighted by Gasteiger charge is -2.34. The van der Waals surface area contributed by atoms with Gasteiger partial charge in [-0.3, -0.25) is 0 Å². The summed E-state index contributed by atoms with van der Waals surface area (Å²) in [6, 6.07) is 7.31. The van der Waals surface area contributed by atoms with Crippen molar-refractivity contribution in [3.8, 4) is 6.07 Å². The highest BCUT2D eigenvalue weighted by Gasteiger charge is 2.23. The van der Waals surface area contributed by atoms with E-state index in [0.717, 1.165) is 5.69 Å². The third kappa shape index (κ3) is 2.97. The predicted molar refractivity (Wildman–Crippen MR) is 74.2 cm³/mol. The van der Waals surface area contributed by atoms with E-state index in [1.165, 1.54) is 10.6 Å². The van der Waals surface area contributed by atoms with Crippen LogP contribution in [0, 0.1) is 11.3 Å². The summed E-state index contributed by atoms with van der Waals surface area (Å²) in [4.78, 5) is 2.07. The van der Waals surface area contributed by atoms with Gasteiger partial charge in [0.05, 0.1) is 17.5 Å². The standard InChI is InChI=1S/C12H16N4O2S/c1-19(17,18)16-6-4-15(5-7-16)11-3-2-10(9-13)12(14)8-11/h2-3,8H,4-7,14H2,1H3. The first kappa shape index (κ1) is 13.6. The van der Waals surface area contributed by atoms with Crippen molar-refractivity contribution in [1.29, 1.82) is 5.26 Å². The molecular formula is C12H16N4O2S. The Morgan fingerprint density at radius 3 is 2.37 bits per heavy atom. The van der Waals surface area contributed by atoms with Gasteiger partial charge in [-0.15, -0.1) is 0 Å². The molecule has 0 radical (unpaired) electrons. The molecular weight excluding hydrogens is 264 g/mol. The van der Waals surface area contributed by atoms with Crippen LogP contribution >= 0.6 is 0 Å². The molecule has 0 saturated carbocycles. The molecule has 1 saturated heterocycles. The number of hydrogen-bond acceptors (Lipinski definition) is 5.